The number of nitro groups is 1. The van der Waals surface area contributed by atoms with Crippen LogP contribution >= 0.6 is 0 Å². The Hall–Kier alpha value is -3.10. The molecule has 0 bridgehead atoms. The molecule has 0 spiro atoms. The number of nitrogens with zero attached hydrogens (tertiary/aromatic N) is 6. The Balaban J connectivity index is 2.09. The standard InChI is InChI=1S/C10H7N7O2/c18-17(19)9-5-11-13-10(9)7-2-1-3-8(4-7)16-6-12-14-15-16/h1-6H,(H,11,13). The van der Waals surface area contributed by atoms with E-state index in [0.717, 1.165) is 0 Å². The van der Waals surface area contributed by atoms with Gasteiger partial charge < -0.3 is 0 Å². The van der Waals surface area contributed by atoms with E-state index in [9.17, 15) is 10.1 Å². The second-order valence-electron chi connectivity index (χ2n) is 3.69. The molecule has 0 atom stereocenters. The molecule has 9 heteroatoms. The van der Waals surface area contributed by atoms with Gasteiger partial charge in [0.05, 0.1) is 10.6 Å². The number of rotatable bonds is 3. The van der Waals surface area contributed by atoms with E-state index in [4.69, 9.17) is 0 Å². The van der Waals surface area contributed by atoms with E-state index in [0.29, 0.717) is 16.9 Å². The molecule has 1 aromatic carbocycles. The van der Waals surface area contributed by atoms with Gasteiger partial charge in [-0.15, -0.1) is 5.10 Å². The minimum Gasteiger partial charge on any atom is -0.271 e. The minimum absolute atomic E-state index is 0.0751. The van der Waals surface area contributed by atoms with Crippen molar-refractivity contribution in [3.05, 3.63) is 46.9 Å². The lowest BCUT2D eigenvalue weighted by atomic mass is 10.1. The Kier molecular flexibility index (Phi) is 2.49. The Bertz CT molecular complexity index is 719. The van der Waals surface area contributed by atoms with Crippen molar-refractivity contribution in [3.8, 4) is 16.9 Å². The van der Waals surface area contributed by atoms with E-state index in [1.165, 1.54) is 17.2 Å². The topological polar surface area (TPSA) is 115 Å². The van der Waals surface area contributed by atoms with Crippen molar-refractivity contribution in [2.45, 2.75) is 0 Å². The highest BCUT2D eigenvalue weighted by molar-refractivity contribution is 5.70. The normalized spacial score (nSPS) is 10.5. The Labute approximate surface area is 106 Å². The lowest BCUT2D eigenvalue weighted by Gasteiger charge is -2.02. The van der Waals surface area contributed by atoms with Crippen molar-refractivity contribution >= 4 is 5.69 Å². The maximum absolute atomic E-state index is 10.9. The molecule has 19 heavy (non-hydrogen) atoms. The summed E-state index contributed by atoms with van der Waals surface area (Å²) in [6.07, 6.45) is 2.62. The quantitative estimate of drug-likeness (QED) is 0.551. The summed E-state index contributed by atoms with van der Waals surface area (Å²) in [4.78, 5) is 10.4. The second kappa shape index (κ2) is 4.29. The number of hydrogen-bond acceptors (Lipinski definition) is 6. The molecule has 0 unspecified atom stereocenters. The summed E-state index contributed by atoms with van der Waals surface area (Å²) >= 11 is 0. The SMILES string of the molecule is O=[N+]([O-])c1cn[nH]c1-c1cccc(-n2cnnn2)c1. The van der Waals surface area contributed by atoms with Crippen LogP contribution in [0.1, 0.15) is 0 Å². The van der Waals surface area contributed by atoms with Gasteiger partial charge in [-0.1, -0.05) is 12.1 Å². The number of tetrazole rings is 1. The summed E-state index contributed by atoms with van der Waals surface area (Å²) in [6, 6.07) is 7.03. The molecule has 94 valence electrons. The van der Waals surface area contributed by atoms with E-state index in [1.54, 1.807) is 24.3 Å². The average Bonchev–Trinajstić information content (AvgIpc) is 3.10. The molecule has 0 amide bonds. The number of aromatic nitrogens is 6. The van der Waals surface area contributed by atoms with Crippen molar-refractivity contribution in [2.75, 3.05) is 0 Å². The van der Waals surface area contributed by atoms with Gasteiger partial charge in [-0.05, 0) is 22.6 Å². The van der Waals surface area contributed by atoms with Crippen LogP contribution in [-0.2, 0) is 0 Å². The van der Waals surface area contributed by atoms with E-state index >= 15 is 0 Å². The molecule has 0 saturated carbocycles. The van der Waals surface area contributed by atoms with Gasteiger partial charge in [-0.25, -0.2) is 4.68 Å². The third-order valence-electron chi connectivity index (χ3n) is 2.56. The molecular weight excluding hydrogens is 250 g/mol. The fourth-order valence-corrected chi connectivity index (χ4v) is 1.71. The van der Waals surface area contributed by atoms with Crippen molar-refractivity contribution in [3.63, 3.8) is 0 Å². The molecule has 0 aliphatic heterocycles. The van der Waals surface area contributed by atoms with Gasteiger partial charge in [0.15, 0.2) is 0 Å². The summed E-state index contributed by atoms with van der Waals surface area (Å²) in [5, 5.41) is 28.0. The number of aromatic amines is 1. The summed E-state index contributed by atoms with van der Waals surface area (Å²) in [7, 11) is 0. The Morgan fingerprint density at radius 3 is 3.00 bits per heavy atom. The fraction of sp³-hybridized carbons (Fsp3) is 0. The molecule has 0 aliphatic rings. The van der Waals surface area contributed by atoms with Crippen LogP contribution in [0.5, 0.6) is 0 Å². The lowest BCUT2D eigenvalue weighted by Crippen LogP contribution is -1.96. The molecule has 9 nitrogen and oxygen atoms in total. The Morgan fingerprint density at radius 1 is 1.37 bits per heavy atom. The molecule has 0 fully saturated rings. The molecule has 2 heterocycles. The highest BCUT2D eigenvalue weighted by atomic mass is 16.6. The van der Waals surface area contributed by atoms with Crippen molar-refractivity contribution < 1.29 is 4.92 Å². The largest absolute Gasteiger partial charge is 0.314 e. The predicted molar refractivity (Wildman–Crippen MR) is 63.4 cm³/mol. The van der Waals surface area contributed by atoms with Crippen LogP contribution in [0, 0.1) is 10.1 Å². The van der Waals surface area contributed by atoms with Crippen LogP contribution in [0.25, 0.3) is 16.9 Å². The van der Waals surface area contributed by atoms with Crippen molar-refractivity contribution in [1.29, 1.82) is 0 Å². The lowest BCUT2D eigenvalue weighted by molar-refractivity contribution is -0.384. The van der Waals surface area contributed by atoms with E-state index in [2.05, 4.69) is 25.7 Å². The molecule has 0 radical (unpaired) electrons. The van der Waals surface area contributed by atoms with Gasteiger partial charge in [-0.2, -0.15) is 5.10 Å². The van der Waals surface area contributed by atoms with E-state index in [1.807, 2.05) is 0 Å². The van der Waals surface area contributed by atoms with Crippen LogP contribution in [0.3, 0.4) is 0 Å². The number of H-pyrrole nitrogens is 1. The molecule has 1 N–H and O–H groups in total. The first kappa shape index (κ1) is 11.0. The van der Waals surface area contributed by atoms with Crippen molar-refractivity contribution in [1.82, 2.24) is 30.4 Å². The fourth-order valence-electron chi connectivity index (χ4n) is 1.71. The molecule has 3 aromatic rings. The highest BCUT2D eigenvalue weighted by Gasteiger charge is 2.17. The van der Waals surface area contributed by atoms with Gasteiger partial charge in [0.25, 0.3) is 0 Å². The summed E-state index contributed by atoms with van der Waals surface area (Å²) in [5.41, 5.74) is 1.61. The first-order valence-electron chi connectivity index (χ1n) is 5.27. The zero-order valence-electron chi connectivity index (χ0n) is 9.46. The third-order valence-corrected chi connectivity index (χ3v) is 2.56. The zero-order valence-corrected chi connectivity index (χ0v) is 9.46. The Morgan fingerprint density at radius 2 is 2.26 bits per heavy atom. The molecular formula is C10H7N7O2. The molecule has 0 saturated heterocycles. The summed E-state index contributed by atoms with van der Waals surface area (Å²) in [5.74, 6) is 0. The third kappa shape index (κ3) is 1.92. The van der Waals surface area contributed by atoms with Crippen LogP contribution in [0.2, 0.25) is 0 Å². The van der Waals surface area contributed by atoms with Crippen LogP contribution in [0.15, 0.2) is 36.8 Å². The minimum atomic E-state index is -0.484. The van der Waals surface area contributed by atoms with Gasteiger partial charge in [0, 0.05) is 5.56 Å². The number of hydrogen-bond donors (Lipinski definition) is 1. The smallest absolute Gasteiger partial charge is 0.271 e. The van der Waals surface area contributed by atoms with Gasteiger partial charge in [-0.3, -0.25) is 15.2 Å². The van der Waals surface area contributed by atoms with E-state index in [-0.39, 0.29) is 5.69 Å². The summed E-state index contributed by atoms with van der Waals surface area (Å²) in [6.45, 7) is 0. The second-order valence-corrected chi connectivity index (χ2v) is 3.69. The monoisotopic (exact) mass is 257 g/mol. The zero-order chi connectivity index (χ0) is 13.2. The molecule has 2 aromatic heterocycles. The first-order valence-corrected chi connectivity index (χ1v) is 5.27. The first-order chi connectivity index (χ1) is 9.25. The van der Waals surface area contributed by atoms with Gasteiger partial charge in [0.2, 0.25) is 0 Å². The number of nitrogens with one attached hydrogen (secondary N) is 1. The van der Waals surface area contributed by atoms with Crippen LogP contribution < -0.4 is 0 Å². The van der Waals surface area contributed by atoms with E-state index < -0.39 is 4.92 Å². The van der Waals surface area contributed by atoms with Gasteiger partial charge in [0.1, 0.15) is 18.2 Å². The number of benzene rings is 1. The highest BCUT2D eigenvalue weighted by Crippen LogP contribution is 2.28. The van der Waals surface area contributed by atoms with Gasteiger partial charge >= 0.3 is 5.69 Å². The molecule has 3 rings (SSSR count). The van der Waals surface area contributed by atoms with Crippen LogP contribution in [0.4, 0.5) is 5.69 Å². The van der Waals surface area contributed by atoms with Crippen LogP contribution in [-0.4, -0.2) is 35.3 Å². The molecule has 0 aliphatic carbocycles. The summed E-state index contributed by atoms with van der Waals surface area (Å²) < 4.78 is 1.46. The maximum atomic E-state index is 10.9. The maximum Gasteiger partial charge on any atom is 0.314 e. The average molecular weight is 257 g/mol. The predicted octanol–water partition coefficient (Wildman–Crippen LogP) is 0.961. The van der Waals surface area contributed by atoms with Crippen molar-refractivity contribution in [2.24, 2.45) is 0 Å².